The van der Waals surface area contributed by atoms with Crippen molar-refractivity contribution in [3.05, 3.63) is 59.0 Å². The van der Waals surface area contributed by atoms with Gasteiger partial charge in [-0.05, 0) is 31.2 Å². The van der Waals surface area contributed by atoms with Crippen molar-refractivity contribution in [1.29, 1.82) is 0 Å². The number of carbonyl (C=O) groups excluding carboxylic acids is 3. The number of hydrogen-bond donors (Lipinski definition) is 3. The number of aromatic hydroxyl groups is 2. The molecule has 33 heavy (non-hydrogen) atoms. The molecule has 2 heterocycles. The Balaban J connectivity index is 0.000000228. The van der Waals surface area contributed by atoms with Crippen LogP contribution in [0, 0.1) is 0 Å². The molecule has 2 aromatic carbocycles. The molecule has 0 bridgehead atoms. The first-order valence-electron chi connectivity index (χ1n) is 9.12. The van der Waals surface area contributed by atoms with E-state index in [1.807, 2.05) is 0 Å². The molecule has 0 fully saturated rings. The van der Waals surface area contributed by atoms with E-state index in [0.717, 1.165) is 0 Å². The minimum absolute atomic E-state index is 0. The van der Waals surface area contributed by atoms with Crippen LogP contribution < -0.4 is 0 Å². The molecule has 3 N–H and O–H groups in total. The zero-order chi connectivity index (χ0) is 23.4. The summed E-state index contributed by atoms with van der Waals surface area (Å²) in [7, 11) is 0. The lowest BCUT2D eigenvalue weighted by Gasteiger charge is -1.96. The molecule has 0 spiro atoms. The highest BCUT2D eigenvalue weighted by Crippen LogP contribution is 2.29. The lowest BCUT2D eigenvalue weighted by molar-refractivity contribution is 0.0492. The van der Waals surface area contributed by atoms with Crippen LogP contribution in [-0.2, 0) is 4.74 Å². The van der Waals surface area contributed by atoms with Gasteiger partial charge in [-0.2, -0.15) is 0 Å². The SMILES string of the molecule is C.CCOC(=O)c1cc2c(C=O)c(O)ccc2o1.O=Cc1c(O)ccc2oc(C(=O)O)cc12. The Morgan fingerprint density at radius 3 is 1.76 bits per heavy atom. The number of carbonyl (C=O) groups is 4. The summed E-state index contributed by atoms with van der Waals surface area (Å²) in [6.07, 6.45) is 0.973. The second kappa shape index (κ2) is 10.1. The average molecular weight is 456 g/mol. The highest BCUT2D eigenvalue weighted by atomic mass is 16.5. The fourth-order valence-corrected chi connectivity index (χ4v) is 2.90. The van der Waals surface area contributed by atoms with Crippen molar-refractivity contribution < 1.29 is 48.1 Å². The molecule has 4 rings (SSSR count). The Bertz CT molecular complexity index is 1340. The van der Waals surface area contributed by atoms with E-state index in [4.69, 9.17) is 18.7 Å². The number of aldehydes is 2. The Kier molecular flexibility index (Phi) is 7.58. The highest BCUT2D eigenvalue weighted by molar-refractivity contribution is 6.03. The van der Waals surface area contributed by atoms with Gasteiger partial charge in [0.05, 0.1) is 17.7 Å². The molecular weight excluding hydrogens is 436 g/mol. The average Bonchev–Trinajstić information content (AvgIpc) is 3.39. The summed E-state index contributed by atoms with van der Waals surface area (Å²) >= 11 is 0. The molecule has 0 saturated heterocycles. The van der Waals surface area contributed by atoms with E-state index in [0.29, 0.717) is 28.9 Å². The summed E-state index contributed by atoms with van der Waals surface area (Å²) in [4.78, 5) is 43.5. The summed E-state index contributed by atoms with van der Waals surface area (Å²) in [5.41, 5.74) is 0.741. The topological polar surface area (TPSA) is 164 Å². The number of phenols is 2. The maximum absolute atomic E-state index is 11.4. The smallest absolute Gasteiger partial charge is 0.374 e. The van der Waals surface area contributed by atoms with Crippen molar-refractivity contribution in [2.24, 2.45) is 0 Å². The van der Waals surface area contributed by atoms with Gasteiger partial charge in [-0.1, -0.05) is 7.43 Å². The molecule has 0 atom stereocenters. The Labute approximate surface area is 186 Å². The number of ether oxygens (including phenoxy) is 1. The van der Waals surface area contributed by atoms with Crippen molar-refractivity contribution in [1.82, 2.24) is 0 Å². The summed E-state index contributed by atoms with van der Waals surface area (Å²) in [5, 5.41) is 28.2. The molecule has 172 valence electrons. The van der Waals surface area contributed by atoms with Crippen LogP contribution in [0.4, 0.5) is 0 Å². The Hall–Kier alpha value is -4.60. The molecule has 0 amide bonds. The Morgan fingerprint density at radius 1 is 0.879 bits per heavy atom. The molecule has 0 radical (unpaired) electrons. The third-order valence-electron chi connectivity index (χ3n) is 4.36. The monoisotopic (exact) mass is 456 g/mol. The van der Waals surface area contributed by atoms with E-state index in [2.05, 4.69) is 0 Å². The number of fused-ring (bicyclic) bond motifs is 2. The van der Waals surface area contributed by atoms with Gasteiger partial charge in [0.15, 0.2) is 12.6 Å². The van der Waals surface area contributed by atoms with Crippen LogP contribution in [0.15, 0.2) is 45.2 Å². The van der Waals surface area contributed by atoms with Gasteiger partial charge in [-0.25, -0.2) is 9.59 Å². The number of aromatic carboxylic acids is 1. The highest BCUT2D eigenvalue weighted by Gasteiger charge is 2.17. The van der Waals surface area contributed by atoms with Gasteiger partial charge < -0.3 is 28.9 Å². The van der Waals surface area contributed by atoms with Gasteiger partial charge in [0.1, 0.15) is 22.7 Å². The predicted molar refractivity (Wildman–Crippen MR) is 116 cm³/mol. The van der Waals surface area contributed by atoms with Crippen molar-refractivity contribution in [3.63, 3.8) is 0 Å². The third-order valence-corrected chi connectivity index (χ3v) is 4.36. The number of carboxylic acids is 1. The molecule has 0 unspecified atom stereocenters. The second-order valence-corrected chi connectivity index (χ2v) is 6.30. The van der Waals surface area contributed by atoms with E-state index in [1.165, 1.54) is 36.4 Å². The fourth-order valence-electron chi connectivity index (χ4n) is 2.90. The van der Waals surface area contributed by atoms with E-state index >= 15 is 0 Å². The predicted octanol–water partition coefficient (Wildman–Crippen LogP) is 4.41. The standard InChI is InChI=1S/C12H10O5.C10H6O5.CH4/c1-2-16-12(15)11-5-7-8(6-13)9(14)3-4-10(7)17-11;11-4-6-5-3-9(10(13)14)15-8(5)2-1-7(6)12;/h3-6,14H,2H2,1H3;1-4,12H,(H,13,14);1H4. The zero-order valence-electron chi connectivity index (χ0n) is 16.5. The van der Waals surface area contributed by atoms with Crippen LogP contribution in [0.3, 0.4) is 0 Å². The number of esters is 1. The molecule has 0 aliphatic heterocycles. The van der Waals surface area contributed by atoms with E-state index < -0.39 is 11.9 Å². The normalized spacial score (nSPS) is 10.1. The molecule has 0 saturated carbocycles. The quantitative estimate of drug-likeness (QED) is 0.289. The largest absolute Gasteiger partial charge is 0.507 e. The Morgan fingerprint density at radius 2 is 1.33 bits per heavy atom. The molecule has 0 aliphatic rings. The van der Waals surface area contributed by atoms with Crippen LogP contribution in [0.5, 0.6) is 11.5 Å². The number of phenolic OH excluding ortho intramolecular Hbond substituents is 2. The van der Waals surface area contributed by atoms with Gasteiger partial charge in [-0.3, -0.25) is 9.59 Å². The minimum Gasteiger partial charge on any atom is -0.507 e. The van der Waals surface area contributed by atoms with Crippen molar-refractivity contribution >= 4 is 46.4 Å². The summed E-state index contributed by atoms with van der Waals surface area (Å²) in [6.45, 7) is 1.92. The first-order valence-corrected chi connectivity index (χ1v) is 9.12. The number of benzene rings is 2. The fraction of sp³-hybridized carbons (Fsp3) is 0.130. The number of furan rings is 2. The summed E-state index contributed by atoms with van der Waals surface area (Å²) in [5.74, 6) is -2.42. The minimum atomic E-state index is -1.22. The van der Waals surface area contributed by atoms with E-state index in [9.17, 15) is 29.4 Å². The molecule has 2 aromatic heterocycles. The van der Waals surface area contributed by atoms with Gasteiger partial charge >= 0.3 is 11.9 Å². The van der Waals surface area contributed by atoms with Crippen molar-refractivity contribution in [2.75, 3.05) is 6.61 Å². The molecule has 4 aromatic rings. The van der Waals surface area contributed by atoms with Gasteiger partial charge in [0, 0.05) is 22.9 Å². The maximum atomic E-state index is 11.4. The summed E-state index contributed by atoms with van der Waals surface area (Å²) in [6, 6.07) is 8.11. The lowest BCUT2D eigenvalue weighted by atomic mass is 10.1. The third kappa shape index (κ3) is 4.85. The number of rotatable bonds is 5. The maximum Gasteiger partial charge on any atom is 0.374 e. The first-order chi connectivity index (χ1) is 15.3. The van der Waals surface area contributed by atoms with Crippen LogP contribution in [0.1, 0.15) is 56.2 Å². The molecule has 10 heteroatoms. The van der Waals surface area contributed by atoms with Crippen molar-refractivity contribution in [2.45, 2.75) is 14.4 Å². The second-order valence-electron chi connectivity index (χ2n) is 6.30. The van der Waals surface area contributed by atoms with Gasteiger partial charge in [-0.15, -0.1) is 0 Å². The van der Waals surface area contributed by atoms with Crippen LogP contribution in [0.2, 0.25) is 0 Å². The molecule has 0 aliphatic carbocycles. The van der Waals surface area contributed by atoms with Crippen LogP contribution in [-0.4, -0.2) is 46.4 Å². The molecule has 10 nitrogen and oxygen atoms in total. The number of carboxylic acid groups (broad SMARTS) is 1. The van der Waals surface area contributed by atoms with Crippen molar-refractivity contribution in [3.8, 4) is 11.5 Å². The first kappa shape index (κ1) is 24.7. The summed E-state index contributed by atoms with van der Waals surface area (Å²) < 4.78 is 15.0. The van der Waals surface area contributed by atoms with Crippen LogP contribution in [0.25, 0.3) is 21.9 Å². The van der Waals surface area contributed by atoms with Gasteiger partial charge in [0.2, 0.25) is 11.5 Å². The number of hydrogen-bond acceptors (Lipinski definition) is 9. The van der Waals surface area contributed by atoms with E-state index in [-0.39, 0.29) is 53.8 Å². The van der Waals surface area contributed by atoms with Gasteiger partial charge in [0.25, 0.3) is 0 Å². The lowest BCUT2D eigenvalue weighted by Crippen LogP contribution is -2.02. The van der Waals surface area contributed by atoms with Crippen LogP contribution >= 0.6 is 0 Å². The molecular formula is C23H20O10. The van der Waals surface area contributed by atoms with E-state index in [1.54, 1.807) is 6.92 Å². The zero-order valence-corrected chi connectivity index (χ0v) is 16.5.